The third-order valence-electron chi connectivity index (χ3n) is 4.13. The summed E-state index contributed by atoms with van der Waals surface area (Å²) in [5.41, 5.74) is 1.95. The molecule has 0 spiro atoms. The van der Waals surface area contributed by atoms with Gasteiger partial charge in [-0.3, -0.25) is 9.79 Å². The molecule has 0 saturated heterocycles. The minimum Gasteiger partial charge on any atom is -0.352 e. The van der Waals surface area contributed by atoms with Crippen LogP contribution in [0, 0.1) is 5.92 Å². The highest BCUT2D eigenvalue weighted by atomic mass is 127. The molecule has 0 fully saturated rings. The molecule has 1 atom stereocenters. The van der Waals surface area contributed by atoms with Gasteiger partial charge in [0.2, 0.25) is 5.91 Å². The predicted molar refractivity (Wildman–Crippen MR) is 118 cm³/mol. The zero-order valence-electron chi connectivity index (χ0n) is 16.1. The maximum absolute atomic E-state index is 12.0. The summed E-state index contributed by atoms with van der Waals surface area (Å²) in [4.78, 5) is 18.5. The van der Waals surface area contributed by atoms with Gasteiger partial charge in [-0.2, -0.15) is 0 Å². The van der Waals surface area contributed by atoms with Crippen LogP contribution >= 0.6 is 24.0 Å². The fraction of sp³-hybridized carbons (Fsp3) is 0.579. The Hall–Kier alpha value is -1.31. The molecule has 0 aromatic heterocycles. The minimum absolute atomic E-state index is 0. The average Bonchev–Trinajstić information content (AvgIpc) is 2.59. The number of amides is 1. The Morgan fingerprint density at radius 2 is 2.04 bits per heavy atom. The molecule has 0 aliphatic carbocycles. The van der Waals surface area contributed by atoms with Crippen molar-refractivity contribution >= 4 is 41.5 Å². The molecule has 2 N–H and O–H groups in total. The van der Waals surface area contributed by atoms with Crippen molar-refractivity contribution in [2.24, 2.45) is 10.9 Å². The second-order valence-corrected chi connectivity index (χ2v) is 6.17. The zero-order valence-corrected chi connectivity index (χ0v) is 18.5. The van der Waals surface area contributed by atoms with Crippen molar-refractivity contribution in [3.63, 3.8) is 0 Å². The zero-order chi connectivity index (χ0) is 17.9. The van der Waals surface area contributed by atoms with Crippen LogP contribution < -0.4 is 10.6 Å². The van der Waals surface area contributed by atoms with Gasteiger partial charge in [-0.1, -0.05) is 39.3 Å². The molecule has 142 valence electrons. The Morgan fingerprint density at radius 1 is 1.32 bits per heavy atom. The first-order chi connectivity index (χ1) is 11.5. The van der Waals surface area contributed by atoms with Crippen molar-refractivity contribution in [3.8, 4) is 0 Å². The third-order valence-corrected chi connectivity index (χ3v) is 4.13. The van der Waals surface area contributed by atoms with Crippen LogP contribution in [0.15, 0.2) is 29.3 Å². The Morgan fingerprint density at radius 3 is 2.64 bits per heavy atom. The SMILES string of the molecule is CCCCN(C)C(=NC)NCc1cccc(NC(=O)C(C)CC)c1.I. The molecular formula is C19H33IN4O. The Bertz CT molecular complexity index is 548. The number of nitrogens with zero attached hydrogens (tertiary/aromatic N) is 2. The average molecular weight is 460 g/mol. The van der Waals surface area contributed by atoms with E-state index < -0.39 is 0 Å². The summed E-state index contributed by atoms with van der Waals surface area (Å²) >= 11 is 0. The van der Waals surface area contributed by atoms with E-state index in [0.717, 1.165) is 36.6 Å². The molecule has 1 aromatic rings. The normalized spacial score (nSPS) is 12.1. The van der Waals surface area contributed by atoms with Crippen LogP contribution in [0.3, 0.4) is 0 Å². The Balaban J connectivity index is 0.00000576. The molecule has 1 unspecified atom stereocenters. The number of unbranched alkanes of at least 4 members (excludes halogenated alkanes) is 1. The van der Waals surface area contributed by atoms with Gasteiger partial charge in [-0.15, -0.1) is 24.0 Å². The van der Waals surface area contributed by atoms with Crippen LogP contribution in [0.4, 0.5) is 5.69 Å². The summed E-state index contributed by atoms with van der Waals surface area (Å²) in [5, 5.41) is 6.35. The topological polar surface area (TPSA) is 56.7 Å². The van der Waals surface area contributed by atoms with Gasteiger partial charge in [-0.05, 0) is 30.5 Å². The molecule has 1 rings (SSSR count). The Kier molecular flexibility index (Phi) is 12.3. The maximum Gasteiger partial charge on any atom is 0.227 e. The van der Waals surface area contributed by atoms with E-state index in [1.165, 1.54) is 6.42 Å². The number of anilines is 1. The van der Waals surface area contributed by atoms with E-state index >= 15 is 0 Å². The van der Waals surface area contributed by atoms with E-state index in [4.69, 9.17) is 0 Å². The first-order valence-electron chi connectivity index (χ1n) is 8.83. The van der Waals surface area contributed by atoms with Crippen LogP contribution in [-0.2, 0) is 11.3 Å². The number of nitrogens with one attached hydrogen (secondary N) is 2. The highest BCUT2D eigenvalue weighted by Crippen LogP contribution is 2.13. The second-order valence-electron chi connectivity index (χ2n) is 6.17. The van der Waals surface area contributed by atoms with Gasteiger partial charge >= 0.3 is 0 Å². The van der Waals surface area contributed by atoms with Gasteiger partial charge in [0.15, 0.2) is 5.96 Å². The van der Waals surface area contributed by atoms with E-state index in [1.54, 1.807) is 7.05 Å². The molecule has 6 heteroatoms. The van der Waals surface area contributed by atoms with E-state index in [2.05, 4.69) is 27.4 Å². The molecule has 0 bridgehead atoms. The number of halogens is 1. The number of guanidine groups is 1. The van der Waals surface area contributed by atoms with Gasteiger partial charge in [0.1, 0.15) is 0 Å². The lowest BCUT2D eigenvalue weighted by atomic mass is 10.1. The van der Waals surface area contributed by atoms with Crippen molar-refractivity contribution in [2.75, 3.05) is 26.0 Å². The molecule has 5 nitrogen and oxygen atoms in total. The van der Waals surface area contributed by atoms with Gasteiger partial charge in [-0.25, -0.2) is 0 Å². The lowest BCUT2D eigenvalue weighted by Gasteiger charge is -2.22. The van der Waals surface area contributed by atoms with E-state index in [1.807, 2.05) is 45.2 Å². The number of benzene rings is 1. The standard InChI is InChI=1S/C19H32N4O.HI/c1-6-8-12-23(5)19(20-4)21-14-16-10-9-11-17(13-16)22-18(24)15(3)7-2;/h9-11,13,15H,6-8,12,14H2,1-5H3,(H,20,21)(H,22,24);1H. The number of carbonyl (C=O) groups excluding carboxylic acids is 1. The summed E-state index contributed by atoms with van der Waals surface area (Å²) in [5.74, 6) is 0.980. The summed E-state index contributed by atoms with van der Waals surface area (Å²) < 4.78 is 0. The van der Waals surface area contributed by atoms with Crippen molar-refractivity contribution in [1.82, 2.24) is 10.2 Å². The molecule has 0 saturated carbocycles. The maximum atomic E-state index is 12.0. The molecule has 0 aliphatic rings. The Labute approximate surface area is 169 Å². The quantitative estimate of drug-likeness (QED) is 0.349. The summed E-state index contributed by atoms with van der Waals surface area (Å²) in [6, 6.07) is 7.94. The lowest BCUT2D eigenvalue weighted by molar-refractivity contribution is -0.119. The van der Waals surface area contributed by atoms with Gasteiger partial charge < -0.3 is 15.5 Å². The van der Waals surface area contributed by atoms with Crippen LogP contribution in [0.2, 0.25) is 0 Å². The van der Waals surface area contributed by atoms with E-state index in [9.17, 15) is 4.79 Å². The fourth-order valence-corrected chi connectivity index (χ4v) is 2.28. The number of carbonyl (C=O) groups is 1. The summed E-state index contributed by atoms with van der Waals surface area (Å²) in [6.07, 6.45) is 3.15. The van der Waals surface area contributed by atoms with E-state index in [0.29, 0.717) is 6.54 Å². The summed E-state index contributed by atoms with van der Waals surface area (Å²) in [6.45, 7) is 7.81. The smallest absolute Gasteiger partial charge is 0.227 e. The number of aliphatic imine (C=N–C) groups is 1. The van der Waals surface area contributed by atoms with Crippen LogP contribution in [-0.4, -0.2) is 37.4 Å². The van der Waals surface area contributed by atoms with Gasteiger partial charge in [0.05, 0.1) is 0 Å². The third kappa shape index (κ3) is 8.56. The highest BCUT2D eigenvalue weighted by Gasteiger charge is 2.11. The highest BCUT2D eigenvalue weighted by molar-refractivity contribution is 14.0. The van der Waals surface area contributed by atoms with Gasteiger partial charge in [0.25, 0.3) is 0 Å². The molecule has 0 heterocycles. The van der Waals surface area contributed by atoms with Crippen molar-refractivity contribution < 1.29 is 4.79 Å². The largest absolute Gasteiger partial charge is 0.352 e. The first kappa shape index (κ1) is 23.7. The van der Waals surface area contributed by atoms with Crippen LogP contribution in [0.1, 0.15) is 45.6 Å². The van der Waals surface area contributed by atoms with Crippen molar-refractivity contribution in [3.05, 3.63) is 29.8 Å². The number of rotatable bonds is 8. The molecule has 1 amide bonds. The molecular weight excluding hydrogens is 427 g/mol. The first-order valence-corrected chi connectivity index (χ1v) is 8.83. The van der Waals surface area contributed by atoms with Crippen LogP contribution in [0.5, 0.6) is 0 Å². The number of hydrogen-bond acceptors (Lipinski definition) is 2. The minimum atomic E-state index is 0. The van der Waals surface area contributed by atoms with Crippen molar-refractivity contribution in [2.45, 2.75) is 46.6 Å². The van der Waals surface area contributed by atoms with E-state index in [-0.39, 0.29) is 35.8 Å². The molecule has 25 heavy (non-hydrogen) atoms. The lowest BCUT2D eigenvalue weighted by Crippen LogP contribution is -2.38. The van der Waals surface area contributed by atoms with Crippen molar-refractivity contribution in [1.29, 1.82) is 0 Å². The number of hydrogen-bond donors (Lipinski definition) is 2. The molecule has 0 aliphatic heterocycles. The summed E-state index contributed by atoms with van der Waals surface area (Å²) in [7, 11) is 3.85. The fourth-order valence-electron chi connectivity index (χ4n) is 2.28. The molecule has 0 radical (unpaired) electrons. The molecule has 1 aromatic carbocycles. The van der Waals surface area contributed by atoms with Gasteiger partial charge in [0, 0.05) is 38.8 Å². The van der Waals surface area contributed by atoms with Crippen LogP contribution in [0.25, 0.3) is 0 Å². The monoisotopic (exact) mass is 460 g/mol. The second kappa shape index (κ2) is 13.0. The predicted octanol–water partition coefficient (Wildman–Crippen LogP) is 4.10.